The summed E-state index contributed by atoms with van der Waals surface area (Å²) in [6.07, 6.45) is 2.52. The SMILES string of the molecule is Cc1cc(OCc2c(C(C)C)cnn2-c2c(Cl)cccc2Cl)ccc1CCOc1cccc(C(=O)O)c1. The Bertz CT molecular complexity index is 1390. The topological polar surface area (TPSA) is 73.6 Å². The first-order chi connectivity index (χ1) is 17.7. The van der Waals surface area contributed by atoms with Crippen molar-refractivity contribution in [2.75, 3.05) is 6.61 Å². The van der Waals surface area contributed by atoms with Gasteiger partial charge in [0.15, 0.2) is 0 Å². The van der Waals surface area contributed by atoms with Crippen molar-refractivity contribution >= 4 is 29.2 Å². The summed E-state index contributed by atoms with van der Waals surface area (Å²) >= 11 is 12.9. The largest absolute Gasteiger partial charge is 0.493 e. The van der Waals surface area contributed by atoms with E-state index in [1.807, 2.05) is 31.3 Å². The molecule has 1 heterocycles. The first-order valence-corrected chi connectivity index (χ1v) is 12.7. The van der Waals surface area contributed by atoms with E-state index in [4.69, 9.17) is 37.8 Å². The number of rotatable bonds is 10. The van der Waals surface area contributed by atoms with E-state index < -0.39 is 5.97 Å². The molecule has 0 bridgehead atoms. The third-order valence-corrected chi connectivity index (χ3v) is 6.69. The summed E-state index contributed by atoms with van der Waals surface area (Å²) in [5, 5.41) is 14.7. The van der Waals surface area contributed by atoms with Crippen LogP contribution in [0, 0.1) is 6.92 Å². The second kappa shape index (κ2) is 11.7. The molecule has 1 aromatic heterocycles. The minimum atomic E-state index is -0.976. The van der Waals surface area contributed by atoms with Gasteiger partial charge in [0, 0.05) is 6.42 Å². The molecule has 6 nitrogen and oxygen atoms in total. The molecule has 0 saturated heterocycles. The Morgan fingerprint density at radius 2 is 1.70 bits per heavy atom. The van der Waals surface area contributed by atoms with Crippen LogP contribution in [0.3, 0.4) is 0 Å². The number of aromatic carboxylic acids is 1. The van der Waals surface area contributed by atoms with Gasteiger partial charge in [0.25, 0.3) is 0 Å². The molecule has 0 aliphatic heterocycles. The fourth-order valence-electron chi connectivity index (χ4n) is 4.09. The van der Waals surface area contributed by atoms with Gasteiger partial charge in [0.1, 0.15) is 23.8 Å². The van der Waals surface area contributed by atoms with Crippen LogP contribution < -0.4 is 9.47 Å². The standard InChI is InChI=1S/C29H28Cl2N2O4/c1-18(2)24-16-32-33(28-25(30)8-5-9-26(28)31)27(24)17-37-23-11-10-20(19(3)14-23)12-13-36-22-7-4-6-21(15-22)29(34)35/h4-11,14-16,18H,12-13,17H2,1-3H3,(H,34,35). The minimum Gasteiger partial charge on any atom is -0.493 e. The Hall–Kier alpha value is -3.48. The zero-order chi connectivity index (χ0) is 26.5. The molecule has 0 aliphatic carbocycles. The van der Waals surface area contributed by atoms with Gasteiger partial charge >= 0.3 is 5.97 Å². The van der Waals surface area contributed by atoms with Crippen molar-refractivity contribution in [2.45, 2.75) is 39.7 Å². The Balaban J connectivity index is 1.45. The molecule has 0 fully saturated rings. The number of carboxylic acid groups (broad SMARTS) is 1. The number of nitrogens with zero attached hydrogens (tertiary/aromatic N) is 2. The molecule has 8 heteroatoms. The number of hydrogen-bond acceptors (Lipinski definition) is 4. The maximum atomic E-state index is 11.1. The zero-order valence-electron chi connectivity index (χ0n) is 20.9. The van der Waals surface area contributed by atoms with Crippen LogP contribution in [0.25, 0.3) is 5.69 Å². The first kappa shape index (κ1) is 26.6. The van der Waals surface area contributed by atoms with Crippen molar-refractivity contribution in [3.63, 3.8) is 0 Å². The molecule has 0 unspecified atom stereocenters. The predicted octanol–water partition coefficient (Wildman–Crippen LogP) is 7.51. The van der Waals surface area contributed by atoms with Gasteiger partial charge in [0.05, 0.1) is 34.1 Å². The second-order valence-corrected chi connectivity index (χ2v) is 9.81. The van der Waals surface area contributed by atoms with E-state index in [1.165, 1.54) is 12.1 Å². The van der Waals surface area contributed by atoms with Gasteiger partial charge in [-0.05, 0) is 72.0 Å². The summed E-state index contributed by atoms with van der Waals surface area (Å²) in [5.41, 5.74) is 4.99. The number of benzene rings is 3. The van der Waals surface area contributed by atoms with E-state index in [1.54, 1.807) is 35.0 Å². The van der Waals surface area contributed by atoms with Gasteiger partial charge in [-0.2, -0.15) is 5.10 Å². The monoisotopic (exact) mass is 538 g/mol. The van der Waals surface area contributed by atoms with Crippen LogP contribution in [-0.2, 0) is 13.0 Å². The summed E-state index contributed by atoms with van der Waals surface area (Å²) < 4.78 is 13.7. The Kier molecular flexibility index (Phi) is 8.41. The van der Waals surface area contributed by atoms with Crippen LogP contribution in [-0.4, -0.2) is 27.5 Å². The van der Waals surface area contributed by atoms with E-state index in [9.17, 15) is 4.79 Å². The fourth-order valence-corrected chi connectivity index (χ4v) is 4.64. The van der Waals surface area contributed by atoms with Gasteiger partial charge < -0.3 is 14.6 Å². The van der Waals surface area contributed by atoms with Crippen molar-refractivity contribution in [1.29, 1.82) is 0 Å². The molecule has 0 spiro atoms. The van der Waals surface area contributed by atoms with Crippen LogP contribution in [0.2, 0.25) is 10.0 Å². The second-order valence-electron chi connectivity index (χ2n) is 8.99. The quantitative estimate of drug-likeness (QED) is 0.226. The molecule has 1 N–H and O–H groups in total. The highest BCUT2D eigenvalue weighted by molar-refractivity contribution is 6.37. The van der Waals surface area contributed by atoms with Gasteiger partial charge in [0.2, 0.25) is 0 Å². The number of carboxylic acids is 1. The number of ether oxygens (including phenoxy) is 2. The van der Waals surface area contributed by atoms with Crippen LogP contribution in [0.1, 0.15) is 52.5 Å². The first-order valence-electron chi connectivity index (χ1n) is 11.9. The van der Waals surface area contributed by atoms with Crippen molar-refractivity contribution < 1.29 is 19.4 Å². The Morgan fingerprint density at radius 3 is 2.38 bits per heavy atom. The molecule has 0 atom stereocenters. The zero-order valence-corrected chi connectivity index (χ0v) is 22.4. The van der Waals surface area contributed by atoms with E-state index in [-0.39, 0.29) is 11.5 Å². The normalized spacial score (nSPS) is 11.1. The molecule has 37 heavy (non-hydrogen) atoms. The minimum absolute atomic E-state index is 0.203. The summed E-state index contributed by atoms with van der Waals surface area (Å²) in [6, 6.07) is 17.8. The lowest BCUT2D eigenvalue weighted by molar-refractivity contribution is 0.0696. The lowest BCUT2D eigenvalue weighted by Gasteiger charge is -2.15. The summed E-state index contributed by atoms with van der Waals surface area (Å²) in [5.74, 6) is 0.544. The van der Waals surface area contributed by atoms with Crippen molar-refractivity contribution in [2.24, 2.45) is 0 Å². The number of carbonyl (C=O) groups is 1. The highest BCUT2D eigenvalue weighted by Gasteiger charge is 2.19. The molecule has 0 aliphatic rings. The van der Waals surface area contributed by atoms with Crippen molar-refractivity contribution in [1.82, 2.24) is 9.78 Å². The average molecular weight is 539 g/mol. The van der Waals surface area contributed by atoms with Gasteiger partial charge in [-0.15, -0.1) is 0 Å². The number of hydrogen-bond donors (Lipinski definition) is 1. The summed E-state index contributed by atoms with van der Waals surface area (Å²) in [6.45, 7) is 6.98. The van der Waals surface area contributed by atoms with E-state index in [2.05, 4.69) is 18.9 Å². The number of aryl methyl sites for hydroxylation is 1. The predicted molar refractivity (Wildman–Crippen MR) is 146 cm³/mol. The van der Waals surface area contributed by atoms with Crippen LogP contribution in [0.5, 0.6) is 11.5 Å². The Labute approximate surface area is 226 Å². The highest BCUT2D eigenvalue weighted by Crippen LogP contribution is 2.32. The number of aromatic nitrogens is 2. The van der Waals surface area contributed by atoms with Gasteiger partial charge in [-0.25, -0.2) is 9.48 Å². The van der Waals surface area contributed by atoms with Crippen LogP contribution in [0.15, 0.2) is 66.9 Å². The molecule has 3 aromatic carbocycles. The average Bonchev–Trinajstić information content (AvgIpc) is 3.28. The molecule has 0 amide bonds. The number of para-hydroxylation sites is 1. The molecular weight excluding hydrogens is 511 g/mol. The summed E-state index contributed by atoms with van der Waals surface area (Å²) in [4.78, 5) is 11.1. The van der Waals surface area contributed by atoms with E-state index >= 15 is 0 Å². The van der Waals surface area contributed by atoms with E-state index in [0.29, 0.717) is 41.1 Å². The summed E-state index contributed by atoms with van der Waals surface area (Å²) in [7, 11) is 0. The van der Waals surface area contributed by atoms with Crippen molar-refractivity contribution in [3.8, 4) is 17.2 Å². The maximum Gasteiger partial charge on any atom is 0.335 e. The molecule has 4 rings (SSSR count). The lowest BCUT2D eigenvalue weighted by Crippen LogP contribution is -2.09. The van der Waals surface area contributed by atoms with Crippen molar-refractivity contribution in [3.05, 3.63) is 105 Å². The van der Waals surface area contributed by atoms with Crippen LogP contribution in [0.4, 0.5) is 0 Å². The molecule has 192 valence electrons. The molecule has 4 aromatic rings. The van der Waals surface area contributed by atoms with E-state index in [0.717, 1.165) is 28.1 Å². The van der Waals surface area contributed by atoms with Gasteiger partial charge in [-0.1, -0.05) is 55.2 Å². The molecule has 0 saturated carbocycles. The number of halogens is 2. The third-order valence-electron chi connectivity index (χ3n) is 6.08. The van der Waals surface area contributed by atoms with Gasteiger partial charge in [-0.3, -0.25) is 0 Å². The fraction of sp³-hybridized carbons (Fsp3) is 0.241. The smallest absolute Gasteiger partial charge is 0.335 e. The van der Waals surface area contributed by atoms with Crippen LogP contribution >= 0.6 is 23.2 Å². The highest BCUT2D eigenvalue weighted by atomic mass is 35.5. The lowest BCUT2D eigenvalue weighted by atomic mass is 10.0. The molecule has 0 radical (unpaired) electrons. The molecular formula is C29H28Cl2N2O4. The Morgan fingerprint density at radius 1 is 1.00 bits per heavy atom. The third kappa shape index (κ3) is 6.27. The maximum absolute atomic E-state index is 11.1.